The summed E-state index contributed by atoms with van der Waals surface area (Å²) >= 11 is 5.86. The van der Waals surface area contributed by atoms with Gasteiger partial charge in [0.2, 0.25) is 5.91 Å². The van der Waals surface area contributed by atoms with Crippen LogP contribution >= 0.6 is 11.6 Å². The lowest BCUT2D eigenvalue weighted by atomic mass is 10.2. The minimum absolute atomic E-state index is 0.124. The second-order valence-corrected chi connectivity index (χ2v) is 5.70. The fourth-order valence-corrected chi connectivity index (χ4v) is 2.13. The zero-order valence-corrected chi connectivity index (χ0v) is 15.0. The third-order valence-electron chi connectivity index (χ3n) is 3.31. The Balaban J connectivity index is 1.93. The molecule has 1 unspecified atom stereocenters. The molecule has 0 saturated carbocycles. The smallest absolute Gasteiger partial charge is 0.338 e. The van der Waals surface area contributed by atoms with Gasteiger partial charge in [0.15, 0.2) is 11.3 Å². The monoisotopic (exact) mass is 386 g/mol. The van der Waals surface area contributed by atoms with Gasteiger partial charge < -0.3 is 15.4 Å². The van der Waals surface area contributed by atoms with E-state index in [1.807, 2.05) is 0 Å². The number of hydrogen-bond donors (Lipinski definition) is 2. The molecule has 0 bridgehead atoms. The van der Waals surface area contributed by atoms with Gasteiger partial charge in [0.05, 0.1) is 17.3 Å². The molecule has 2 aromatic rings. The maximum absolute atomic E-state index is 12.1. The maximum atomic E-state index is 12.1. The quantitative estimate of drug-likeness (QED) is 0.581. The van der Waals surface area contributed by atoms with Gasteiger partial charge in [-0.2, -0.15) is 5.26 Å². The predicted octanol–water partition coefficient (Wildman–Crippen LogP) is 2.77. The van der Waals surface area contributed by atoms with Crippen LogP contribution < -0.4 is 10.6 Å². The minimum atomic E-state index is -1.07. The minimum Gasteiger partial charge on any atom is -0.449 e. The molecular weight excluding hydrogens is 372 g/mol. The molecule has 0 radical (unpaired) electrons. The number of hydrogen-bond acceptors (Lipinski definition) is 6. The second-order valence-electron chi connectivity index (χ2n) is 5.34. The van der Waals surface area contributed by atoms with E-state index >= 15 is 0 Å². The molecule has 9 heteroatoms. The Morgan fingerprint density at radius 1 is 1.22 bits per heavy atom. The molecule has 2 N–H and O–H groups in total. The van der Waals surface area contributed by atoms with Crippen LogP contribution in [0, 0.1) is 11.3 Å². The molecular formula is C18H15ClN4O4. The Labute approximate surface area is 160 Å². The van der Waals surface area contributed by atoms with E-state index in [1.54, 1.807) is 18.2 Å². The number of rotatable bonds is 6. The van der Waals surface area contributed by atoms with Crippen molar-refractivity contribution in [2.45, 2.75) is 19.4 Å². The van der Waals surface area contributed by atoms with E-state index in [9.17, 15) is 14.4 Å². The Kier molecular flexibility index (Phi) is 6.86. The average Bonchev–Trinajstić information content (AvgIpc) is 2.64. The number of benzene rings is 1. The number of nitrogens with zero attached hydrogens (tertiary/aromatic N) is 2. The number of ether oxygens (including phenoxy) is 1. The number of aromatic nitrogens is 1. The highest BCUT2D eigenvalue weighted by Crippen LogP contribution is 2.18. The van der Waals surface area contributed by atoms with Gasteiger partial charge in [-0.25, -0.2) is 9.78 Å². The van der Waals surface area contributed by atoms with E-state index in [2.05, 4.69) is 15.6 Å². The van der Waals surface area contributed by atoms with Crippen molar-refractivity contribution in [1.82, 2.24) is 4.98 Å². The van der Waals surface area contributed by atoms with Crippen LogP contribution in [-0.4, -0.2) is 28.9 Å². The molecule has 138 valence electrons. The molecule has 0 aliphatic rings. The highest BCUT2D eigenvalue weighted by molar-refractivity contribution is 6.32. The second kappa shape index (κ2) is 9.31. The molecule has 0 aliphatic carbocycles. The zero-order chi connectivity index (χ0) is 19.8. The van der Waals surface area contributed by atoms with Gasteiger partial charge >= 0.3 is 5.97 Å². The Morgan fingerprint density at radius 3 is 2.56 bits per heavy atom. The number of anilines is 2. The van der Waals surface area contributed by atoms with Crippen LogP contribution in [0.2, 0.25) is 5.15 Å². The number of halogens is 1. The van der Waals surface area contributed by atoms with E-state index in [0.29, 0.717) is 11.4 Å². The number of esters is 1. The average molecular weight is 387 g/mol. The van der Waals surface area contributed by atoms with Crippen LogP contribution in [-0.2, 0) is 14.3 Å². The van der Waals surface area contributed by atoms with Crippen LogP contribution in [0.25, 0.3) is 0 Å². The van der Waals surface area contributed by atoms with Gasteiger partial charge in [-0.15, -0.1) is 0 Å². The zero-order valence-electron chi connectivity index (χ0n) is 14.2. The van der Waals surface area contributed by atoms with Crippen LogP contribution in [0.15, 0.2) is 42.6 Å². The molecule has 1 atom stereocenters. The third kappa shape index (κ3) is 5.80. The van der Waals surface area contributed by atoms with Crippen molar-refractivity contribution in [3.8, 4) is 6.07 Å². The molecule has 1 aromatic carbocycles. The van der Waals surface area contributed by atoms with Crippen molar-refractivity contribution < 1.29 is 19.1 Å². The van der Waals surface area contributed by atoms with Gasteiger partial charge in [-0.1, -0.05) is 11.6 Å². The number of carbonyl (C=O) groups is 3. The summed E-state index contributed by atoms with van der Waals surface area (Å²) in [6.45, 7) is 1.42. The first-order valence-electron chi connectivity index (χ1n) is 7.80. The normalized spacial score (nSPS) is 11.0. The van der Waals surface area contributed by atoms with E-state index < -0.39 is 23.9 Å². The molecule has 0 fully saturated rings. The molecule has 1 aromatic heterocycles. The van der Waals surface area contributed by atoms with Crippen LogP contribution in [0.3, 0.4) is 0 Å². The van der Waals surface area contributed by atoms with Gasteiger partial charge in [-0.05, 0) is 43.3 Å². The fraction of sp³-hybridized carbons (Fsp3) is 0.167. The molecule has 27 heavy (non-hydrogen) atoms. The number of pyridine rings is 1. The first kappa shape index (κ1) is 19.9. The lowest BCUT2D eigenvalue weighted by Crippen LogP contribution is -2.30. The lowest BCUT2D eigenvalue weighted by molar-refractivity contribution is -0.123. The third-order valence-corrected chi connectivity index (χ3v) is 3.62. The molecule has 2 amide bonds. The lowest BCUT2D eigenvalue weighted by Gasteiger charge is -2.14. The van der Waals surface area contributed by atoms with Crippen molar-refractivity contribution in [2.75, 3.05) is 10.6 Å². The molecule has 8 nitrogen and oxygen atoms in total. The summed E-state index contributed by atoms with van der Waals surface area (Å²) in [6.07, 6.45) is 0.148. The molecule has 1 heterocycles. The van der Waals surface area contributed by atoms with Gasteiger partial charge in [-0.3, -0.25) is 9.59 Å². The highest BCUT2D eigenvalue weighted by Gasteiger charge is 2.20. The number of nitrogens with one attached hydrogen (secondary N) is 2. The van der Waals surface area contributed by atoms with Crippen molar-refractivity contribution in [2.24, 2.45) is 0 Å². The van der Waals surface area contributed by atoms with Crippen LogP contribution in [0.4, 0.5) is 11.4 Å². The topological polar surface area (TPSA) is 121 Å². The fourth-order valence-electron chi connectivity index (χ4n) is 1.96. The van der Waals surface area contributed by atoms with Gasteiger partial charge in [0.25, 0.3) is 5.91 Å². The predicted molar refractivity (Wildman–Crippen MR) is 98.1 cm³/mol. The first-order valence-corrected chi connectivity index (χ1v) is 8.17. The summed E-state index contributed by atoms with van der Waals surface area (Å²) in [5.74, 6) is -1.71. The molecule has 0 saturated heterocycles. The summed E-state index contributed by atoms with van der Waals surface area (Å²) < 4.78 is 5.12. The van der Waals surface area contributed by atoms with Crippen LogP contribution in [0.1, 0.15) is 23.7 Å². The molecule has 0 spiro atoms. The van der Waals surface area contributed by atoms with Crippen molar-refractivity contribution >= 4 is 40.8 Å². The maximum Gasteiger partial charge on any atom is 0.338 e. The summed E-state index contributed by atoms with van der Waals surface area (Å²) in [7, 11) is 0. The standard InChI is InChI=1S/C18H15ClN4O4/c1-11(17(25)23-14-3-2-10-21-16(14)19)27-18(26)12-4-6-13(7-5-12)22-15(24)8-9-20/h2-7,10-11H,8H2,1H3,(H,22,24)(H,23,25). The number of amides is 2. The first-order chi connectivity index (χ1) is 12.9. The number of nitriles is 1. The summed E-state index contributed by atoms with van der Waals surface area (Å²) in [5.41, 5.74) is 0.945. The highest BCUT2D eigenvalue weighted by atomic mass is 35.5. The Bertz CT molecular complexity index is 893. The Hall–Kier alpha value is -3.44. The van der Waals surface area contributed by atoms with Gasteiger partial charge in [0, 0.05) is 11.9 Å². The van der Waals surface area contributed by atoms with Crippen molar-refractivity contribution in [3.05, 3.63) is 53.3 Å². The Morgan fingerprint density at radius 2 is 1.93 bits per heavy atom. The van der Waals surface area contributed by atoms with Crippen LogP contribution in [0.5, 0.6) is 0 Å². The van der Waals surface area contributed by atoms with E-state index in [1.165, 1.54) is 37.4 Å². The van der Waals surface area contributed by atoms with Gasteiger partial charge in [0.1, 0.15) is 6.42 Å². The number of carbonyl (C=O) groups excluding carboxylic acids is 3. The largest absolute Gasteiger partial charge is 0.449 e. The SMILES string of the molecule is CC(OC(=O)c1ccc(NC(=O)CC#N)cc1)C(=O)Nc1cccnc1Cl. The van der Waals surface area contributed by atoms with E-state index in [4.69, 9.17) is 21.6 Å². The summed E-state index contributed by atoms with van der Waals surface area (Å²) in [5, 5.41) is 13.6. The summed E-state index contributed by atoms with van der Waals surface area (Å²) in [6, 6.07) is 10.8. The van der Waals surface area contributed by atoms with E-state index in [0.717, 1.165) is 0 Å². The summed E-state index contributed by atoms with van der Waals surface area (Å²) in [4.78, 5) is 39.4. The van der Waals surface area contributed by atoms with Crippen molar-refractivity contribution in [1.29, 1.82) is 5.26 Å². The van der Waals surface area contributed by atoms with E-state index in [-0.39, 0.29) is 17.1 Å². The molecule has 2 rings (SSSR count). The molecule has 0 aliphatic heterocycles. The van der Waals surface area contributed by atoms with Crippen molar-refractivity contribution in [3.63, 3.8) is 0 Å².